The predicted octanol–water partition coefficient (Wildman–Crippen LogP) is 3.33. The smallest absolute Gasteiger partial charge is 0.0705 e. The molecule has 2 heteroatoms. The van der Waals surface area contributed by atoms with E-state index in [0.717, 1.165) is 12.1 Å². The molecule has 0 saturated heterocycles. The average molecular weight is 212 g/mol. The summed E-state index contributed by atoms with van der Waals surface area (Å²) in [5, 5.41) is 8.18. The van der Waals surface area contributed by atoms with Crippen LogP contribution in [-0.4, -0.2) is 10.2 Å². The van der Waals surface area contributed by atoms with Crippen molar-refractivity contribution in [2.75, 3.05) is 0 Å². The van der Waals surface area contributed by atoms with Crippen molar-refractivity contribution in [1.82, 2.24) is 10.2 Å². The standard InChI is InChI=1S/C14H16N2/c1-3-12(14-9-6-10-15-16-14)13-8-5-4-7-11(13)2/h4-10,12H,3H2,1-2H3. The Balaban J connectivity index is 2.41. The quantitative estimate of drug-likeness (QED) is 0.780. The molecule has 0 aliphatic heterocycles. The van der Waals surface area contributed by atoms with Gasteiger partial charge in [0.1, 0.15) is 0 Å². The molecule has 0 bridgehead atoms. The molecule has 1 heterocycles. The van der Waals surface area contributed by atoms with E-state index in [1.807, 2.05) is 12.1 Å². The second kappa shape index (κ2) is 4.88. The SMILES string of the molecule is CCC(c1cccnn1)c1ccccc1C. The van der Waals surface area contributed by atoms with Gasteiger partial charge in [-0.3, -0.25) is 0 Å². The summed E-state index contributed by atoms with van der Waals surface area (Å²) in [6.45, 7) is 4.33. The molecule has 2 rings (SSSR count). The summed E-state index contributed by atoms with van der Waals surface area (Å²) in [7, 11) is 0. The number of aromatic nitrogens is 2. The molecule has 2 nitrogen and oxygen atoms in total. The van der Waals surface area contributed by atoms with Crippen LogP contribution in [0.5, 0.6) is 0 Å². The third-order valence-electron chi connectivity index (χ3n) is 2.92. The van der Waals surface area contributed by atoms with E-state index in [2.05, 4.69) is 48.3 Å². The van der Waals surface area contributed by atoms with Crippen LogP contribution in [0.1, 0.15) is 36.1 Å². The van der Waals surface area contributed by atoms with Crippen LogP contribution in [0.3, 0.4) is 0 Å². The number of benzene rings is 1. The van der Waals surface area contributed by atoms with Gasteiger partial charge in [0.25, 0.3) is 0 Å². The Morgan fingerprint density at radius 2 is 1.94 bits per heavy atom. The van der Waals surface area contributed by atoms with Crippen LogP contribution in [0.15, 0.2) is 42.6 Å². The summed E-state index contributed by atoms with van der Waals surface area (Å²) in [5.74, 6) is 0.356. The lowest BCUT2D eigenvalue weighted by Crippen LogP contribution is -2.04. The van der Waals surface area contributed by atoms with Crippen LogP contribution < -0.4 is 0 Å². The first-order valence-electron chi connectivity index (χ1n) is 5.66. The Kier molecular flexibility index (Phi) is 3.30. The highest BCUT2D eigenvalue weighted by Crippen LogP contribution is 2.27. The molecule has 1 atom stereocenters. The molecule has 0 aliphatic carbocycles. The molecule has 2 aromatic rings. The zero-order valence-electron chi connectivity index (χ0n) is 9.72. The third kappa shape index (κ3) is 2.11. The topological polar surface area (TPSA) is 25.8 Å². The van der Waals surface area contributed by atoms with Gasteiger partial charge in [-0.2, -0.15) is 10.2 Å². The van der Waals surface area contributed by atoms with E-state index >= 15 is 0 Å². The number of aryl methyl sites for hydroxylation is 1. The van der Waals surface area contributed by atoms with Gasteiger partial charge in [0.05, 0.1) is 5.69 Å². The molecule has 82 valence electrons. The Bertz CT molecular complexity index is 451. The predicted molar refractivity (Wildman–Crippen MR) is 65.3 cm³/mol. The molecule has 0 radical (unpaired) electrons. The first kappa shape index (κ1) is 10.8. The fraction of sp³-hybridized carbons (Fsp3) is 0.286. The van der Waals surface area contributed by atoms with Gasteiger partial charge in [0.2, 0.25) is 0 Å². The van der Waals surface area contributed by atoms with E-state index < -0.39 is 0 Å². The molecular formula is C14H16N2. The maximum atomic E-state index is 4.22. The van der Waals surface area contributed by atoms with Crippen LogP contribution >= 0.6 is 0 Å². The van der Waals surface area contributed by atoms with Gasteiger partial charge in [-0.1, -0.05) is 31.2 Å². The summed E-state index contributed by atoms with van der Waals surface area (Å²) in [6, 6.07) is 12.5. The first-order valence-corrected chi connectivity index (χ1v) is 5.66. The monoisotopic (exact) mass is 212 g/mol. The number of rotatable bonds is 3. The summed E-state index contributed by atoms with van der Waals surface area (Å²) in [4.78, 5) is 0. The van der Waals surface area contributed by atoms with Crippen molar-refractivity contribution in [3.05, 3.63) is 59.4 Å². The van der Waals surface area contributed by atoms with Crippen LogP contribution in [0.2, 0.25) is 0 Å². The summed E-state index contributed by atoms with van der Waals surface area (Å²) in [5.41, 5.74) is 3.73. The third-order valence-corrected chi connectivity index (χ3v) is 2.92. The molecule has 0 saturated carbocycles. The molecule has 0 N–H and O–H groups in total. The molecule has 1 unspecified atom stereocenters. The Morgan fingerprint density at radius 3 is 2.56 bits per heavy atom. The van der Waals surface area contributed by atoms with Crippen LogP contribution in [0.25, 0.3) is 0 Å². The second-order valence-corrected chi connectivity index (χ2v) is 3.97. The Morgan fingerprint density at radius 1 is 1.12 bits per heavy atom. The van der Waals surface area contributed by atoms with Gasteiger partial charge in [-0.15, -0.1) is 0 Å². The minimum absolute atomic E-state index is 0.356. The van der Waals surface area contributed by atoms with E-state index in [0.29, 0.717) is 5.92 Å². The van der Waals surface area contributed by atoms with E-state index in [9.17, 15) is 0 Å². The van der Waals surface area contributed by atoms with Crippen molar-refractivity contribution in [3.8, 4) is 0 Å². The van der Waals surface area contributed by atoms with Crippen molar-refractivity contribution < 1.29 is 0 Å². The summed E-state index contributed by atoms with van der Waals surface area (Å²) >= 11 is 0. The van der Waals surface area contributed by atoms with Crippen molar-refractivity contribution in [2.24, 2.45) is 0 Å². The Hall–Kier alpha value is -1.70. The fourth-order valence-corrected chi connectivity index (χ4v) is 2.07. The minimum Gasteiger partial charge on any atom is -0.159 e. The minimum atomic E-state index is 0.356. The van der Waals surface area contributed by atoms with Gasteiger partial charge in [0.15, 0.2) is 0 Å². The number of nitrogens with zero attached hydrogens (tertiary/aromatic N) is 2. The lowest BCUT2D eigenvalue weighted by Gasteiger charge is -2.16. The van der Waals surface area contributed by atoms with E-state index in [1.165, 1.54) is 11.1 Å². The van der Waals surface area contributed by atoms with Crippen LogP contribution in [0, 0.1) is 6.92 Å². The molecule has 0 aliphatic rings. The van der Waals surface area contributed by atoms with Crippen LogP contribution in [-0.2, 0) is 0 Å². The van der Waals surface area contributed by atoms with Crippen molar-refractivity contribution in [1.29, 1.82) is 0 Å². The van der Waals surface area contributed by atoms with Crippen molar-refractivity contribution in [2.45, 2.75) is 26.2 Å². The maximum Gasteiger partial charge on any atom is 0.0705 e. The molecular weight excluding hydrogens is 196 g/mol. The van der Waals surface area contributed by atoms with E-state index in [1.54, 1.807) is 6.20 Å². The normalized spacial score (nSPS) is 12.4. The lowest BCUT2D eigenvalue weighted by atomic mass is 9.90. The first-order chi connectivity index (χ1) is 7.83. The molecule has 1 aromatic carbocycles. The molecule has 16 heavy (non-hydrogen) atoms. The van der Waals surface area contributed by atoms with Gasteiger partial charge in [-0.25, -0.2) is 0 Å². The van der Waals surface area contributed by atoms with Crippen molar-refractivity contribution >= 4 is 0 Å². The van der Waals surface area contributed by atoms with E-state index in [-0.39, 0.29) is 0 Å². The van der Waals surface area contributed by atoms with Gasteiger partial charge in [-0.05, 0) is 36.6 Å². The highest BCUT2D eigenvalue weighted by molar-refractivity contribution is 5.34. The molecule has 1 aromatic heterocycles. The highest BCUT2D eigenvalue weighted by Gasteiger charge is 2.14. The average Bonchev–Trinajstić information content (AvgIpc) is 2.34. The summed E-state index contributed by atoms with van der Waals surface area (Å²) < 4.78 is 0. The van der Waals surface area contributed by atoms with E-state index in [4.69, 9.17) is 0 Å². The van der Waals surface area contributed by atoms with Gasteiger partial charge >= 0.3 is 0 Å². The summed E-state index contributed by atoms with van der Waals surface area (Å²) in [6.07, 6.45) is 2.76. The zero-order chi connectivity index (χ0) is 11.4. The molecule has 0 fully saturated rings. The fourth-order valence-electron chi connectivity index (χ4n) is 2.07. The number of hydrogen-bond acceptors (Lipinski definition) is 2. The number of hydrogen-bond donors (Lipinski definition) is 0. The lowest BCUT2D eigenvalue weighted by molar-refractivity contribution is 0.723. The largest absolute Gasteiger partial charge is 0.159 e. The van der Waals surface area contributed by atoms with Gasteiger partial charge in [0, 0.05) is 12.1 Å². The molecule has 0 amide bonds. The highest BCUT2D eigenvalue weighted by atomic mass is 15.1. The van der Waals surface area contributed by atoms with Gasteiger partial charge < -0.3 is 0 Å². The second-order valence-electron chi connectivity index (χ2n) is 3.97. The maximum absolute atomic E-state index is 4.22. The van der Waals surface area contributed by atoms with Crippen LogP contribution in [0.4, 0.5) is 0 Å². The Labute approximate surface area is 96.4 Å². The zero-order valence-corrected chi connectivity index (χ0v) is 9.72. The van der Waals surface area contributed by atoms with Crippen molar-refractivity contribution in [3.63, 3.8) is 0 Å². The molecule has 0 spiro atoms.